The second-order valence-electron chi connectivity index (χ2n) is 3.86. The topological polar surface area (TPSA) is 25.8 Å². The number of fused-ring (bicyclic) bond motifs is 1. The van der Waals surface area contributed by atoms with Crippen LogP contribution in [0.25, 0.3) is 22.2 Å². The van der Waals surface area contributed by atoms with Gasteiger partial charge in [-0.3, -0.25) is 0 Å². The third-order valence-electron chi connectivity index (χ3n) is 2.83. The van der Waals surface area contributed by atoms with E-state index in [1.807, 2.05) is 24.3 Å². The predicted molar refractivity (Wildman–Crippen MR) is 72.6 cm³/mol. The van der Waals surface area contributed by atoms with Gasteiger partial charge in [-0.2, -0.15) is 8.75 Å². The molecule has 0 saturated carbocycles. The minimum atomic E-state index is 0.665. The van der Waals surface area contributed by atoms with Crippen LogP contribution >= 0.6 is 23.3 Å². The second-order valence-corrected chi connectivity index (χ2v) is 4.79. The van der Waals surface area contributed by atoms with E-state index in [0.717, 1.165) is 27.7 Å². The Bertz CT molecular complexity index is 676. The van der Waals surface area contributed by atoms with Gasteiger partial charge < -0.3 is 0 Å². The average Bonchev–Trinajstić information content (AvgIpc) is 2.85. The summed E-state index contributed by atoms with van der Waals surface area (Å²) in [6, 6.07) is 12.2. The Hall–Kier alpha value is -1.45. The van der Waals surface area contributed by atoms with Crippen LogP contribution < -0.4 is 0 Å². The molecule has 2 nitrogen and oxygen atoms in total. The van der Waals surface area contributed by atoms with Crippen molar-refractivity contribution >= 4 is 34.4 Å². The Morgan fingerprint density at radius 2 is 1.76 bits per heavy atom. The number of hydrogen-bond donors (Lipinski definition) is 0. The van der Waals surface area contributed by atoms with E-state index in [1.165, 1.54) is 11.7 Å². The zero-order valence-corrected chi connectivity index (χ0v) is 10.7. The van der Waals surface area contributed by atoms with E-state index in [9.17, 15) is 0 Å². The molecule has 0 fully saturated rings. The van der Waals surface area contributed by atoms with Crippen LogP contribution in [0.3, 0.4) is 0 Å². The van der Waals surface area contributed by atoms with E-state index in [0.29, 0.717) is 5.02 Å². The smallest absolute Gasteiger partial charge is 0.123 e. The van der Waals surface area contributed by atoms with Crippen molar-refractivity contribution in [3.63, 3.8) is 0 Å². The van der Waals surface area contributed by atoms with Crippen molar-refractivity contribution in [2.45, 2.75) is 6.92 Å². The van der Waals surface area contributed by atoms with Crippen LogP contribution in [0.2, 0.25) is 5.02 Å². The average molecular weight is 261 g/mol. The maximum absolute atomic E-state index is 6.23. The van der Waals surface area contributed by atoms with E-state index >= 15 is 0 Å². The minimum absolute atomic E-state index is 0.665. The highest BCUT2D eigenvalue weighted by atomic mass is 35.5. The summed E-state index contributed by atoms with van der Waals surface area (Å²) in [5.74, 6) is 0. The van der Waals surface area contributed by atoms with Crippen molar-refractivity contribution in [2.24, 2.45) is 0 Å². The van der Waals surface area contributed by atoms with Gasteiger partial charge in [0.15, 0.2) is 0 Å². The second kappa shape index (κ2) is 4.09. The molecule has 0 aliphatic carbocycles. The monoisotopic (exact) mass is 260 g/mol. The molecule has 0 N–H and O–H groups in total. The Morgan fingerprint density at radius 1 is 1.06 bits per heavy atom. The maximum Gasteiger partial charge on any atom is 0.123 e. The molecule has 3 rings (SSSR count). The SMILES string of the molecule is Cc1c(-c2ccccc2)cc(Cl)c2nsnc12. The summed E-state index contributed by atoms with van der Waals surface area (Å²) in [6.07, 6.45) is 0. The van der Waals surface area contributed by atoms with Crippen LogP contribution in [-0.2, 0) is 0 Å². The standard InChI is InChI=1S/C13H9ClN2S/c1-8-10(9-5-3-2-4-6-9)7-11(14)13-12(8)15-17-16-13/h2-7H,1H3. The van der Waals surface area contributed by atoms with Gasteiger partial charge in [0.1, 0.15) is 11.0 Å². The lowest BCUT2D eigenvalue weighted by Crippen LogP contribution is -1.86. The van der Waals surface area contributed by atoms with Crippen LogP contribution in [0.15, 0.2) is 36.4 Å². The molecular weight excluding hydrogens is 252 g/mol. The molecule has 0 aliphatic rings. The van der Waals surface area contributed by atoms with Crippen molar-refractivity contribution < 1.29 is 0 Å². The lowest BCUT2D eigenvalue weighted by molar-refractivity contribution is 1.47. The molecule has 0 amide bonds. The fourth-order valence-corrected chi connectivity index (χ4v) is 2.84. The van der Waals surface area contributed by atoms with E-state index in [2.05, 4.69) is 27.8 Å². The van der Waals surface area contributed by atoms with Gasteiger partial charge >= 0.3 is 0 Å². The molecule has 0 saturated heterocycles. The number of aryl methyl sites for hydroxylation is 1. The summed E-state index contributed by atoms with van der Waals surface area (Å²) >= 11 is 7.43. The van der Waals surface area contributed by atoms with Crippen molar-refractivity contribution in [3.05, 3.63) is 47.0 Å². The molecule has 0 radical (unpaired) electrons. The lowest BCUT2D eigenvalue weighted by Gasteiger charge is -2.07. The van der Waals surface area contributed by atoms with Crippen LogP contribution in [0.4, 0.5) is 0 Å². The molecule has 4 heteroatoms. The van der Waals surface area contributed by atoms with Gasteiger partial charge in [0.05, 0.1) is 16.8 Å². The predicted octanol–water partition coefficient (Wildman–Crippen LogP) is 4.32. The van der Waals surface area contributed by atoms with Gasteiger partial charge in [-0.25, -0.2) is 0 Å². The summed E-state index contributed by atoms with van der Waals surface area (Å²) in [6.45, 7) is 2.06. The Balaban J connectivity index is 2.34. The molecule has 0 atom stereocenters. The molecule has 1 aromatic heterocycles. The fraction of sp³-hybridized carbons (Fsp3) is 0.0769. The molecule has 1 heterocycles. The zero-order chi connectivity index (χ0) is 11.8. The summed E-state index contributed by atoms with van der Waals surface area (Å²) < 4.78 is 8.52. The number of nitrogens with zero attached hydrogens (tertiary/aromatic N) is 2. The maximum atomic E-state index is 6.23. The number of rotatable bonds is 1. The highest BCUT2D eigenvalue weighted by Gasteiger charge is 2.12. The van der Waals surface area contributed by atoms with E-state index in [1.54, 1.807) is 0 Å². The van der Waals surface area contributed by atoms with Crippen molar-refractivity contribution in [1.29, 1.82) is 0 Å². The van der Waals surface area contributed by atoms with Crippen LogP contribution in [0.5, 0.6) is 0 Å². The van der Waals surface area contributed by atoms with Gasteiger partial charge in [0, 0.05) is 0 Å². The normalized spacial score (nSPS) is 10.9. The summed E-state index contributed by atoms with van der Waals surface area (Å²) in [7, 11) is 0. The molecule has 3 aromatic rings. The summed E-state index contributed by atoms with van der Waals surface area (Å²) in [4.78, 5) is 0. The van der Waals surface area contributed by atoms with Gasteiger partial charge in [0.25, 0.3) is 0 Å². The molecule has 0 unspecified atom stereocenters. The third kappa shape index (κ3) is 1.72. The van der Waals surface area contributed by atoms with Gasteiger partial charge in [-0.1, -0.05) is 41.9 Å². The van der Waals surface area contributed by atoms with Gasteiger partial charge in [0.2, 0.25) is 0 Å². The quantitative estimate of drug-likeness (QED) is 0.651. The number of benzene rings is 2. The first-order valence-electron chi connectivity index (χ1n) is 5.24. The highest BCUT2D eigenvalue weighted by Crippen LogP contribution is 2.33. The summed E-state index contributed by atoms with van der Waals surface area (Å²) in [5, 5.41) is 0.665. The van der Waals surface area contributed by atoms with E-state index in [-0.39, 0.29) is 0 Å². The van der Waals surface area contributed by atoms with Gasteiger partial charge in [-0.05, 0) is 29.7 Å². The molecule has 17 heavy (non-hydrogen) atoms. The third-order valence-corrected chi connectivity index (χ3v) is 3.65. The highest BCUT2D eigenvalue weighted by molar-refractivity contribution is 7.00. The molecule has 0 bridgehead atoms. The molecule has 0 spiro atoms. The fourth-order valence-electron chi connectivity index (χ4n) is 1.94. The molecule has 2 aromatic carbocycles. The van der Waals surface area contributed by atoms with Crippen molar-refractivity contribution in [2.75, 3.05) is 0 Å². The molecular formula is C13H9ClN2S. The largest absolute Gasteiger partial charge is 0.173 e. The van der Waals surface area contributed by atoms with E-state index in [4.69, 9.17) is 11.6 Å². The Kier molecular flexibility index (Phi) is 2.57. The zero-order valence-electron chi connectivity index (χ0n) is 9.14. The molecule has 0 aliphatic heterocycles. The Morgan fingerprint density at radius 3 is 2.53 bits per heavy atom. The first-order valence-corrected chi connectivity index (χ1v) is 6.35. The summed E-state index contributed by atoms with van der Waals surface area (Å²) in [5.41, 5.74) is 5.11. The number of halogens is 1. The first-order chi connectivity index (χ1) is 8.27. The molecule has 84 valence electrons. The number of hydrogen-bond acceptors (Lipinski definition) is 3. The van der Waals surface area contributed by atoms with Crippen molar-refractivity contribution in [1.82, 2.24) is 8.75 Å². The van der Waals surface area contributed by atoms with E-state index < -0.39 is 0 Å². The first kappa shape index (κ1) is 10.7. The van der Waals surface area contributed by atoms with Crippen LogP contribution in [0.1, 0.15) is 5.56 Å². The lowest BCUT2D eigenvalue weighted by atomic mass is 9.99. The van der Waals surface area contributed by atoms with Crippen molar-refractivity contribution in [3.8, 4) is 11.1 Å². The minimum Gasteiger partial charge on any atom is -0.173 e. The van der Waals surface area contributed by atoms with Crippen LogP contribution in [0, 0.1) is 6.92 Å². The Labute approximate surface area is 108 Å². The van der Waals surface area contributed by atoms with Crippen LogP contribution in [-0.4, -0.2) is 8.75 Å². The van der Waals surface area contributed by atoms with Gasteiger partial charge in [-0.15, -0.1) is 0 Å². The number of aromatic nitrogens is 2.